The van der Waals surface area contributed by atoms with Crippen LogP contribution < -0.4 is 11.2 Å². The van der Waals surface area contributed by atoms with Crippen molar-refractivity contribution >= 4 is 11.7 Å². The summed E-state index contributed by atoms with van der Waals surface area (Å²) in [6.07, 6.45) is 4.94. The number of amides is 2. The number of rotatable bonds is 1. The monoisotopic (exact) mass is 167 g/mol. The summed E-state index contributed by atoms with van der Waals surface area (Å²) in [4.78, 5) is 10.3. The van der Waals surface area contributed by atoms with Crippen LogP contribution in [-0.2, 0) is 0 Å². The molecule has 12 heavy (non-hydrogen) atoms. The van der Waals surface area contributed by atoms with Gasteiger partial charge in [-0.3, -0.25) is 0 Å². The summed E-state index contributed by atoms with van der Waals surface area (Å²) in [5.74, 6) is 1.50. The van der Waals surface area contributed by atoms with Crippen molar-refractivity contribution in [2.24, 2.45) is 22.7 Å². The predicted octanol–water partition coefficient (Wildman–Crippen LogP) is 0.831. The van der Waals surface area contributed by atoms with E-state index in [9.17, 15) is 4.79 Å². The molecule has 0 heterocycles. The Morgan fingerprint density at radius 3 is 3.08 bits per heavy atom. The van der Waals surface area contributed by atoms with E-state index < -0.39 is 6.03 Å². The molecule has 2 rings (SSSR count). The van der Waals surface area contributed by atoms with Crippen LogP contribution in [0.2, 0.25) is 0 Å². The van der Waals surface area contributed by atoms with Gasteiger partial charge in [0.05, 0.1) is 0 Å². The predicted molar refractivity (Wildman–Crippen MR) is 45.6 cm³/mol. The molecule has 0 aromatic heterocycles. The number of primary amides is 1. The number of hydrogen-bond donors (Lipinski definition) is 2. The molecule has 0 bridgehead atoms. The Morgan fingerprint density at radius 1 is 1.58 bits per heavy atom. The lowest BCUT2D eigenvalue weighted by Gasteiger charge is -2.31. The first kappa shape index (κ1) is 7.58. The molecule has 4 heteroatoms. The third kappa shape index (κ3) is 1.17. The van der Waals surface area contributed by atoms with Crippen LogP contribution in [0.5, 0.6) is 0 Å². The van der Waals surface area contributed by atoms with Gasteiger partial charge in [-0.1, -0.05) is 6.42 Å². The molecule has 0 spiro atoms. The summed E-state index contributed by atoms with van der Waals surface area (Å²) in [5, 5.41) is 3.96. The largest absolute Gasteiger partial charge is 0.350 e. The van der Waals surface area contributed by atoms with Crippen molar-refractivity contribution in [3.05, 3.63) is 0 Å². The number of carbonyl (C=O) groups excluding carboxylic acids is 1. The second-order valence-electron chi connectivity index (χ2n) is 3.58. The molecule has 0 saturated heterocycles. The van der Waals surface area contributed by atoms with Gasteiger partial charge >= 0.3 is 6.03 Å². The highest BCUT2D eigenvalue weighted by molar-refractivity contribution is 5.93. The zero-order valence-electron chi connectivity index (χ0n) is 6.92. The molecule has 2 saturated carbocycles. The second kappa shape index (κ2) is 2.77. The van der Waals surface area contributed by atoms with E-state index in [2.05, 4.69) is 10.5 Å². The van der Waals surface area contributed by atoms with Crippen molar-refractivity contribution in [3.63, 3.8) is 0 Å². The van der Waals surface area contributed by atoms with Gasteiger partial charge in [0.2, 0.25) is 0 Å². The molecule has 2 aliphatic carbocycles. The molecule has 0 aromatic carbocycles. The third-order valence-corrected chi connectivity index (χ3v) is 2.87. The van der Waals surface area contributed by atoms with Crippen LogP contribution in [0.4, 0.5) is 4.79 Å². The number of fused-ring (bicyclic) bond motifs is 1. The first-order chi connectivity index (χ1) is 5.77. The van der Waals surface area contributed by atoms with Gasteiger partial charge in [-0.05, 0) is 25.2 Å². The Bertz CT molecular complexity index is 236. The Balaban J connectivity index is 1.91. The fourth-order valence-electron chi connectivity index (χ4n) is 2.23. The molecule has 2 fully saturated rings. The SMILES string of the molecule is NC(=O)N/N=C1/C[C@H]2CCC[C@@H]12. The highest BCUT2D eigenvalue weighted by atomic mass is 16.2. The van der Waals surface area contributed by atoms with Crippen LogP contribution in [0.3, 0.4) is 0 Å². The maximum Gasteiger partial charge on any atom is 0.332 e. The summed E-state index contributed by atoms with van der Waals surface area (Å²) in [6, 6.07) is -0.566. The number of nitrogens with one attached hydrogen (secondary N) is 1. The minimum Gasteiger partial charge on any atom is -0.350 e. The summed E-state index contributed by atoms with van der Waals surface area (Å²) in [5.41, 5.74) is 8.32. The number of hydrogen-bond acceptors (Lipinski definition) is 2. The van der Waals surface area contributed by atoms with E-state index in [1.54, 1.807) is 0 Å². The van der Waals surface area contributed by atoms with Crippen LogP contribution in [-0.4, -0.2) is 11.7 Å². The number of nitrogens with zero attached hydrogens (tertiary/aromatic N) is 1. The van der Waals surface area contributed by atoms with Gasteiger partial charge in [-0.15, -0.1) is 0 Å². The van der Waals surface area contributed by atoms with Crippen molar-refractivity contribution in [1.29, 1.82) is 0 Å². The van der Waals surface area contributed by atoms with Gasteiger partial charge in [-0.2, -0.15) is 5.10 Å². The zero-order valence-corrected chi connectivity index (χ0v) is 6.92. The van der Waals surface area contributed by atoms with Gasteiger partial charge in [0.1, 0.15) is 0 Å². The standard InChI is InChI=1S/C8H13N3O/c9-8(12)11-10-7-4-5-2-1-3-6(5)7/h5-6H,1-4H2,(H3,9,11,12)/b10-7-/t5-,6-/m1/s1. The zero-order chi connectivity index (χ0) is 8.55. The minimum atomic E-state index is -0.566. The van der Waals surface area contributed by atoms with E-state index in [1.165, 1.54) is 19.3 Å². The summed E-state index contributed by atoms with van der Waals surface area (Å²) >= 11 is 0. The van der Waals surface area contributed by atoms with E-state index in [0.717, 1.165) is 18.1 Å². The molecule has 3 N–H and O–H groups in total. The second-order valence-corrected chi connectivity index (χ2v) is 3.58. The fraction of sp³-hybridized carbons (Fsp3) is 0.750. The molecule has 0 aromatic rings. The molecule has 0 radical (unpaired) electrons. The minimum absolute atomic E-state index is 0.566. The van der Waals surface area contributed by atoms with Crippen LogP contribution in [0.15, 0.2) is 5.10 Å². The summed E-state index contributed by atoms with van der Waals surface area (Å²) in [6.45, 7) is 0. The van der Waals surface area contributed by atoms with Crippen LogP contribution >= 0.6 is 0 Å². The van der Waals surface area contributed by atoms with Gasteiger partial charge < -0.3 is 5.73 Å². The van der Waals surface area contributed by atoms with Crippen molar-refractivity contribution in [2.75, 3.05) is 0 Å². The number of hydrazone groups is 1. The number of carbonyl (C=O) groups is 1. The quantitative estimate of drug-likeness (QED) is 0.558. The first-order valence-electron chi connectivity index (χ1n) is 4.39. The van der Waals surface area contributed by atoms with Crippen molar-refractivity contribution in [1.82, 2.24) is 5.43 Å². The molecule has 2 amide bonds. The average Bonchev–Trinajstić information content (AvgIpc) is 2.32. The normalized spacial score (nSPS) is 35.8. The summed E-state index contributed by atoms with van der Waals surface area (Å²) < 4.78 is 0. The lowest BCUT2D eigenvalue weighted by Crippen LogP contribution is -2.36. The Hall–Kier alpha value is -1.06. The third-order valence-electron chi connectivity index (χ3n) is 2.87. The highest BCUT2D eigenvalue weighted by Crippen LogP contribution is 2.44. The lowest BCUT2D eigenvalue weighted by atomic mass is 9.74. The van der Waals surface area contributed by atoms with Gasteiger partial charge in [-0.25, -0.2) is 10.2 Å². The molecule has 2 atom stereocenters. The number of urea groups is 1. The van der Waals surface area contributed by atoms with Crippen molar-refractivity contribution < 1.29 is 4.79 Å². The molecule has 0 unspecified atom stereocenters. The molecular formula is C8H13N3O. The molecular weight excluding hydrogens is 154 g/mol. The van der Waals surface area contributed by atoms with E-state index in [1.807, 2.05) is 0 Å². The van der Waals surface area contributed by atoms with Gasteiger partial charge in [0.25, 0.3) is 0 Å². The fourth-order valence-corrected chi connectivity index (χ4v) is 2.23. The highest BCUT2D eigenvalue weighted by Gasteiger charge is 2.40. The van der Waals surface area contributed by atoms with E-state index in [0.29, 0.717) is 5.92 Å². The van der Waals surface area contributed by atoms with Gasteiger partial charge in [0, 0.05) is 11.6 Å². The molecule has 2 aliphatic rings. The number of nitrogens with two attached hydrogens (primary N) is 1. The Labute approximate surface area is 71.2 Å². The smallest absolute Gasteiger partial charge is 0.332 e. The van der Waals surface area contributed by atoms with Crippen LogP contribution in [0.25, 0.3) is 0 Å². The average molecular weight is 167 g/mol. The van der Waals surface area contributed by atoms with Crippen LogP contribution in [0, 0.1) is 11.8 Å². The Kier molecular flexibility index (Phi) is 1.75. The van der Waals surface area contributed by atoms with Crippen LogP contribution in [0.1, 0.15) is 25.7 Å². The topological polar surface area (TPSA) is 67.5 Å². The first-order valence-corrected chi connectivity index (χ1v) is 4.39. The lowest BCUT2D eigenvalue weighted by molar-refractivity contribution is 0.249. The van der Waals surface area contributed by atoms with E-state index >= 15 is 0 Å². The molecule has 66 valence electrons. The Morgan fingerprint density at radius 2 is 2.42 bits per heavy atom. The van der Waals surface area contributed by atoms with Crippen molar-refractivity contribution in [2.45, 2.75) is 25.7 Å². The van der Waals surface area contributed by atoms with E-state index in [-0.39, 0.29) is 0 Å². The molecule has 0 aliphatic heterocycles. The van der Waals surface area contributed by atoms with E-state index in [4.69, 9.17) is 5.73 Å². The van der Waals surface area contributed by atoms with Crippen molar-refractivity contribution in [3.8, 4) is 0 Å². The maximum absolute atomic E-state index is 10.3. The van der Waals surface area contributed by atoms with Gasteiger partial charge in [0.15, 0.2) is 0 Å². The summed E-state index contributed by atoms with van der Waals surface area (Å²) in [7, 11) is 0. The molecule has 4 nitrogen and oxygen atoms in total. The maximum atomic E-state index is 10.3.